The maximum absolute atomic E-state index is 13.1. The lowest BCUT2D eigenvalue weighted by atomic mass is 10.1. The summed E-state index contributed by atoms with van der Waals surface area (Å²) in [6.45, 7) is 3.74. The average Bonchev–Trinajstić information content (AvgIpc) is 3.49. The second-order valence-electron chi connectivity index (χ2n) is 7.19. The molecule has 2 aromatic heterocycles. The molecule has 150 valence electrons. The van der Waals surface area contributed by atoms with E-state index in [0.29, 0.717) is 6.04 Å². The largest absolute Gasteiger partial charge is 0.349 e. The molecule has 0 bridgehead atoms. The van der Waals surface area contributed by atoms with E-state index in [1.165, 1.54) is 23.9 Å². The van der Waals surface area contributed by atoms with Gasteiger partial charge in [0.2, 0.25) is 5.91 Å². The highest BCUT2D eigenvalue weighted by atomic mass is 32.2. The van der Waals surface area contributed by atoms with Gasteiger partial charge in [-0.25, -0.2) is 4.39 Å². The highest BCUT2D eigenvalue weighted by Gasteiger charge is 2.31. The third-order valence-electron chi connectivity index (χ3n) is 4.90. The van der Waals surface area contributed by atoms with Crippen LogP contribution in [0.2, 0.25) is 0 Å². The maximum atomic E-state index is 13.1. The molecule has 1 aliphatic carbocycles. The van der Waals surface area contributed by atoms with Crippen molar-refractivity contribution < 1.29 is 9.18 Å². The fourth-order valence-electron chi connectivity index (χ4n) is 3.09. The van der Waals surface area contributed by atoms with Crippen LogP contribution < -0.4 is 5.32 Å². The number of hydrogen-bond donors (Lipinski definition) is 1. The topological polar surface area (TPSA) is 72.7 Å². The van der Waals surface area contributed by atoms with Gasteiger partial charge >= 0.3 is 0 Å². The second kappa shape index (κ2) is 8.32. The standard InChI is InChI=1S/C21H22FN5OS/c1-13(15-3-5-17(22)6-4-15)24-20(28)14(2)29-21-26-25-19(27(21)18-7-8-18)16-9-11-23-12-10-16/h3-6,9-14,18H,7-8H2,1-2H3,(H,24,28)/t13-,14-/m1/s1. The van der Waals surface area contributed by atoms with Crippen molar-refractivity contribution in [3.63, 3.8) is 0 Å². The Bertz CT molecular complexity index is 988. The molecular weight excluding hydrogens is 389 g/mol. The van der Waals surface area contributed by atoms with E-state index >= 15 is 0 Å². The predicted octanol–water partition coefficient (Wildman–Crippen LogP) is 4.17. The van der Waals surface area contributed by atoms with E-state index in [2.05, 4.69) is 25.1 Å². The number of nitrogens with one attached hydrogen (secondary N) is 1. The van der Waals surface area contributed by atoms with Crippen LogP contribution in [0.3, 0.4) is 0 Å². The zero-order valence-electron chi connectivity index (χ0n) is 16.2. The zero-order valence-corrected chi connectivity index (χ0v) is 17.1. The van der Waals surface area contributed by atoms with Crippen LogP contribution in [0.5, 0.6) is 0 Å². The molecule has 4 rings (SSSR count). The van der Waals surface area contributed by atoms with Crippen molar-refractivity contribution in [2.75, 3.05) is 0 Å². The highest BCUT2D eigenvalue weighted by Crippen LogP contribution is 2.41. The maximum Gasteiger partial charge on any atom is 0.233 e. The Hall–Kier alpha value is -2.74. The third-order valence-corrected chi connectivity index (χ3v) is 5.95. The van der Waals surface area contributed by atoms with E-state index < -0.39 is 0 Å². The van der Waals surface area contributed by atoms with Crippen LogP contribution in [0, 0.1) is 5.82 Å². The molecule has 1 saturated carbocycles. The van der Waals surface area contributed by atoms with E-state index in [9.17, 15) is 9.18 Å². The van der Waals surface area contributed by atoms with Crippen LogP contribution in [-0.4, -0.2) is 30.9 Å². The molecule has 0 aliphatic heterocycles. The first kappa shape index (κ1) is 19.6. The minimum Gasteiger partial charge on any atom is -0.349 e. The van der Waals surface area contributed by atoms with Gasteiger partial charge in [-0.05, 0) is 56.5 Å². The Morgan fingerprint density at radius 2 is 1.83 bits per heavy atom. The third kappa shape index (κ3) is 4.48. The number of aromatic nitrogens is 4. The number of hydrogen-bond acceptors (Lipinski definition) is 5. The van der Waals surface area contributed by atoms with Gasteiger partial charge in [0.05, 0.1) is 11.3 Å². The van der Waals surface area contributed by atoms with Crippen LogP contribution in [0.15, 0.2) is 53.9 Å². The van der Waals surface area contributed by atoms with Crippen molar-refractivity contribution in [3.05, 3.63) is 60.2 Å². The van der Waals surface area contributed by atoms with Crippen molar-refractivity contribution in [2.45, 2.75) is 49.2 Å². The van der Waals surface area contributed by atoms with Gasteiger partial charge in [0.15, 0.2) is 11.0 Å². The fourth-order valence-corrected chi connectivity index (χ4v) is 4.02. The molecule has 0 unspecified atom stereocenters. The summed E-state index contributed by atoms with van der Waals surface area (Å²) in [6, 6.07) is 10.2. The molecule has 2 heterocycles. The van der Waals surface area contributed by atoms with Gasteiger partial charge in [0.25, 0.3) is 0 Å². The molecule has 1 amide bonds. The Balaban J connectivity index is 1.47. The molecule has 1 aliphatic rings. The van der Waals surface area contributed by atoms with Crippen LogP contribution in [0.25, 0.3) is 11.4 Å². The molecule has 6 nitrogen and oxygen atoms in total. The van der Waals surface area contributed by atoms with Crippen LogP contribution in [0.1, 0.15) is 44.3 Å². The molecule has 0 spiro atoms. The van der Waals surface area contributed by atoms with E-state index in [1.54, 1.807) is 24.5 Å². The molecule has 2 atom stereocenters. The normalized spacial score (nSPS) is 15.7. The summed E-state index contributed by atoms with van der Waals surface area (Å²) < 4.78 is 15.2. The molecule has 1 fully saturated rings. The Labute approximate surface area is 173 Å². The number of rotatable bonds is 7. The summed E-state index contributed by atoms with van der Waals surface area (Å²) >= 11 is 1.40. The summed E-state index contributed by atoms with van der Waals surface area (Å²) in [5, 5.41) is 12.1. The van der Waals surface area contributed by atoms with Crippen molar-refractivity contribution in [1.82, 2.24) is 25.1 Å². The minimum absolute atomic E-state index is 0.0948. The molecule has 1 aromatic carbocycles. The molecule has 1 N–H and O–H groups in total. The van der Waals surface area contributed by atoms with Gasteiger partial charge in [-0.2, -0.15) is 0 Å². The van der Waals surface area contributed by atoms with E-state index in [0.717, 1.165) is 34.9 Å². The predicted molar refractivity (Wildman–Crippen MR) is 110 cm³/mol. The van der Waals surface area contributed by atoms with Gasteiger partial charge < -0.3 is 5.32 Å². The molecule has 0 radical (unpaired) electrons. The minimum atomic E-state index is -0.343. The fraction of sp³-hybridized carbons (Fsp3) is 0.333. The SMILES string of the molecule is C[C@@H](Sc1nnc(-c2ccncc2)n1C1CC1)C(=O)N[C@H](C)c1ccc(F)cc1. The first-order chi connectivity index (χ1) is 14.0. The van der Waals surface area contributed by atoms with Crippen LogP contribution >= 0.6 is 11.8 Å². The molecule has 3 aromatic rings. The van der Waals surface area contributed by atoms with Gasteiger partial charge in [0.1, 0.15) is 5.82 Å². The first-order valence-corrected chi connectivity index (χ1v) is 10.5. The van der Waals surface area contributed by atoms with Crippen molar-refractivity contribution >= 4 is 17.7 Å². The second-order valence-corrected chi connectivity index (χ2v) is 8.49. The number of amides is 1. The molecular formula is C21H22FN5OS. The lowest BCUT2D eigenvalue weighted by Crippen LogP contribution is -2.33. The Morgan fingerprint density at radius 3 is 2.48 bits per heavy atom. The van der Waals surface area contributed by atoms with Crippen molar-refractivity contribution in [1.29, 1.82) is 0 Å². The van der Waals surface area contributed by atoms with Crippen molar-refractivity contribution in [2.24, 2.45) is 0 Å². The summed E-state index contributed by atoms with van der Waals surface area (Å²) in [4.78, 5) is 16.8. The van der Waals surface area contributed by atoms with Gasteiger partial charge in [-0.15, -0.1) is 10.2 Å². The molecule has 29 heavy (non-hydrogen) atoms. The van der Waals surface area contributed by atoms with E-state index in [4.69, 9.17) is 0 Å². The number of pyridine rings is 1. The summed E-state index contributed by atoms with van der Waals surface area (Å²) in [5.41, 5.74) is 1.83. The number of carbonyl (C=O) groups is 1. The highest BCUT2D eigenvalue weighted by molar-refractivity contribution is 8.00. The molecule has 0 saturated heterocycles. The average molecular weight is 412 g/mol. The molecule has 8 heteroatoms. The first-order valence-electron chi connectivity index (χ1n) is 9.60. The number of carbonyl (C=O) groups excluding carboxylic acids is 1. The van der Waals surface area contributed by atoms with Gasteiger partial charge in [-0.3, -0.25) is 14.3 Å². The van der Waals surface area contributed by atoms with Crippen LogP contribution in [-0.2, 0) is 4.79 Å². The number of thioether (sulfide) groups is 1. The lowest BCUT2D eigenvalue weighted by Gasteiger charge is -2.18. The summed E-state index contributed by atoms with van der Waals surface area (Å²) in [7, 11) is 0. The number of nitrogens with zero attached hydrogens (tertiary/aromatic N) is 4. The van der Waals surface area contributed by atoms with E-state index in [1.807, 2.05) is 26.0 Å². The quantitative estimate of drug-likeness (QED) is 0.591. The van der Waals surface area contributed by atoms with Gasteiger partial charge in [0, 0.05) is 24.0 Å². The zero-order chi connectivity index (χ0) is 20.4. The van der Waals surface area contributed by atoms with E-state index in [-0.39, 0.29) is 23.0 Å². The monoisotopic (exact) mass is 411 g/mol. The Morgan fingerprint density at radius 1 is 1.14 bits per heavy atom. The smallest absolute Gasteiger partial charge is 0.233 e. The van der Waals surface area contributed by atoms with Gasteiger partial charge in [-0.1, -0.05) is 23.9 Å². The number of benzene rings is 1. The summed E-state index contributed by atoms with van der Waals surface area (Å²) in [6.07, 6.45) is 5.65. The summed E-state index contributed by atoms with van der Waals surface area (Å²) in [5.74, 6) is 0.424. The van der Waals surface area contributed by atoms with Crippen molar-refractivity contribution in [3.8, 4) is 11.4 Å². The lowest BCUT2D eigenvalue weighted by molar-refractivity contribution is -0.120. The number of halogens is 1. The Kier molecular flexibility index (Phi) is 5.62. The van der Waals surface area contributed by atoms with Crippen LogP contribution in [0.4, 0.5) is 4.39 Å².